The summed E-state index contributed by atoms with van der Waals surface area (Å²) < 4.78 is 23.8. The van der Waals surface area contributed by atoms with E-state index in [-0.39, 0.29) is 13.2 Å². The van der Waals surface area contributed by atoms with Crippen molar-refractivity contribution in [3.63, 3.8) is 0 Å². The molecule has 0 unspecified atom stereocenters. The lowest BCUT2D eigenvalue weighted by Gasteiger charge is -2.12. The van der Waals surface area contributed by atoms with E-state index in [1.54, 1.807) is 4.98 Å². The fourth-order valence-corrected chi connectivity index (χ4v) is 1.29. The van der Waals surface area contributed by atoms with Crippen LogP contribution in [0.1, 0.15) is 6.41 Å². The second kappa shape index (κ2) is 4.16. The van der Waals surface area contributed by atoms with Gasteiger partial charge in [-0.25, -0.2) is 9.36 Å². The van der Waals surface area contributed by atoms with Crippen molar-refractivity contribution in [2.75, 3.05) is 13.2 Å². The van der Waals surface area contributed by atoms with E-state index >= 15 is 0 Å². The van der Waals surface area contributed by atoms with Crippen molar-refractivity contribution in [2.24, 2.45) is 0 Å². The lowest BCUT2D eigenvalue weighted by atomic mass is 10.4. The number of hydrogen-bond donors (Lipinski definition) is 2. The van der Waals surface area contributed by atoms with Gasteiger partial charge in [-0.15, -0.1) is 0 Å². The van der Waals surface area contributed by atoms with Crippen molar-refractivity contribution in [3.8, 4) is 0 Å². The third-order valence-electron chi connectivity index (χ3n) is 2.09. The van der Waals surface area contributed by atoms with Gasteiger partial charge in [-0.2, -0.15) is 4.39 Å². The van der Waals surface area contributed by atoms with Crippen LogP contribution in [0.4, 0.5) is 4.39 Å². The Bertz CT molecular complexity index is 496. The van der Waals surface area contributed by atoms with Gasteiger partial charge in [0.2, 0.25) is 12.2 Å². The Kier molecular flexibility index (Phi) is 2.86. The maximum Gasteiger partial charge on any atom is 0.332 e. The third-order valence-corrected chi connectivity index (χ3v) is 2.09. The lowest BCUT2D eigenvalue weighted by molar-refractivity contribution is -0.122. The first-order valence-electron chi connectivity index (χ1n) is 4.50. The van der Waals surface area contributed by atoms with Crippen LogP contribution in [0.25, 0.3) is 0 Å². The summed E-state index contributed by atoms with van der Waals surface area (Å²) in [6.07, 6.45) is -0.992. The quantitative estimate of drug-likeness (QED) is 0.650. The van der Waals surface area contributed by atoms with Gasteiger partial charge in [-0.3, -0.25) is 9.78 Å². The Morgan fingerprint density at radius 2 is 2.38 bits per heavy atom. The van der Waals surface area contributed by atoms with E-state index in [1.165, 1.54) is 0 Å². The minimum atomic E-state index is -1.13. The number of ether oxygens (including phenoxy) is 2. The van der Waals surface area contributed by atoms with Crippen molar-refractivity contribution < 1.29 is 19.0 Å². The summed E-state index contributed by atoms with van der Waals surface area (Å²) >= 11 is 0. The summed E-state index contributed by atoms with van der Waals surface area (Å²) in [5, 5.41) is 8.77. The van der Waals surface area contributed by atoms with Crippen LogP contribution in [0.5, 0.6) is 0 Å². The molecule has 8 heteroatoms. The molecule has 1 fully saturated rings. The molecule has 1 saturated heterocycles. The molecular formula is C8H9FN2O5. The first-order valence-corrected chi connectivity index (χ1v) is 4.50. The van der Waals surface area contributed by atoms with E-state index in [0.717, 1.165) is 4.57 Å². The van der Waals surface area contributed by atoms with E-state index in [9.17, 15) is 14.0 Å². The monoisotopic (exact) mass is 232 g/mol. The highest BCUT2D eigenvalue weighted by Crippen LogP contribution is 2.18. The first kappa shape index (κ1) is 11.0. The zero-order valence-electron chi connectivity index (χ0n) is 8.05. The molecule has 2 atom stereocenters. The van der Waals surface area contributed by atoms with Gasteiger partial charge in [0.15, 0.2) is 0 Å². The zero-order valence-corrected chi connectivity index (χ0v) is 8.05. The summed E-state index contributed by atoms with van der Waals surface area (Å²) in [6.45, 7) is -0.175. The van der Waals surface area contributed by atoms with Crippen LogP contribution in [0.2, 0.25) is 0 Å². The Morgan fingerprint density at radius 3 is 3.00 bits per heavy atom. The Hall–Kier alpha value is -1.51. The molecule has 0 aromatic carbocycles. The number of halogens is 1. The standard InChI is InChI=1S/C8H9FN2O5/c9-5-1-11(7(14)10-6(5)13)8-15-3-4(2-12)16-8/h1,4,8,12H,2-3H2,(H,10,13,14)/t4-,8+/m0/s1. The molecule has 0 spiro atoms. The van der Waals surface area contributed by atoms with Gasteiger partial charge in [0.1, 0.15) is 6.10 Å². The number of aliphatic hydroxyl groups excluding tert-OH is 1. The summed E-state index contributed by atoms with van der Waals surface area (Å²) in [6, 6.07) is 0. The number of aromatic nitrogens is 2. The van der Waals surface area contributed by atoms with E-state index in [4.69, 9.17) is 14.6 Å². The van der Waals surface area contributed by atoms with E-state index < -0.39 is 29.6 Å². The minimum Gasteiger partial charge on any atom is -0.394 e. The fraction of sp³-hybridized carbons (Fsp3) is 0.500. The Balaban J connectivity index is 2.32. The molecule has 1 aliphatic heterocycles. The number of nitrogens with zero attached hydrogens (tertiary/aromatic N) is 1. The minimum absolute atomic E-state index is 0.0916. The Labute approximate surface area is 88.0 Å². The number of aliphatic hydroxyl groups is 1. The molecule has 0 aliphatic carbocycles. The molecule has 1 aromatic rings. The number of aromatic amines is 1. The average Bonchev–Trinajstić information content (AvgIpc) is 2.71. The average molecular weight is 232 g/mol. The predicted octanol–water partition coefficient (Wildman–Crippen LogP) is -1.46. The van der Waals surface area contributed by atoms with Gasteiger partial charge in [-0.05, 0) is 0 Å². The van der Waals surface area contributed by atoms with Crippen molar-refractivity contribution in [2.45, 2.75) is 12.5 Å². The zero-order chi connectivity index (χ0) is 11.7. The third kappa shape index (κ3) is 1.90. The maximum atomic E-state index is 12.9. The molecule has 0 saturated carbocycles. The molecule has 2 N–H and O–H groups in total. The molecule has 0 radical (unpaired) electrons. The van der Waals surface area contributed by atoms with Crippen molar-refractivity contribution >= 4 is 0 Å². The molecule has 88 valence electrons. The highest BCUT2D eigenvalue weighted by Gasteiger charge is 2.28. The number of rotatable bonds is 2. The van der Waals surface area contributed by atoms with Crippen LogP contribution >= 0.6 is 0 Å². The van der Waals surface area contributed by atoms with Crippen molar-refractivity contribution in [3.05, 3.63) is 32.9 Å². The normalized spacial score (nSPS) is 24.9. The summed E-state index contributed by atoms with van der Waals surface area (Å²) in [7, 11) is 0. The highest BCUT2D eigenvalue weighted by atomic mass is 19.1. The van der Waals surface area contributed by atoms with Crippen LogP contribution < -0.4 is 11.2 Å². The molecule has 2 heterocycles. The SMILES string of the molecule is O=c1[nH]c(=O)n([C@@H]2OC[C@H](CO)O2)cc1F. The smallest absolute Gasteiger partial charge is 0.332 e. The van der Waals surface area contributed by atoms with E-state index in [1.807, 2.05) is 0 Å². The van der Waals surface area contributed by atoms with E-state index in [2.05, 4.69) is 0 Å². The van der Waals surface area contributed by atoms with Crippen molar-refractivity contribution in [1.82, 2.24) is 9.55 Å². The van der Waals surface area contributed by atoms with Crippen molar-refractivity contribution in [1.29, 1.82) is 0 Å². The molecule has 2 rings (SSSR count). The van der Waals surface area contributed by atoms with Gasteiger partial charge >= 0.3 is 5.69 Å². The van der Waals surface area contributed by atoms with Gasteiger partial charge in [0, 0.05) is 0 Å². The second-order valence-corrected chi connectivity index (χ2v) is 3.22. The predicted molar refractivity (Wildman–Crippen MR) is 48.2 cm³/mol. The van der Waals surface area contributed by atoms with E-state index in [0.29, 0.717) is 6.20 Å². The lowest BCUT2D eigenvalue weighted by Crippen LogP contribution is -2.34. The summed E-state index contributed by atoms with van der Waals surface area (Å²) in [5.74, 6) is -1.11. The number of nitrogens with one attached hydrogen (secondary N) is 1. The molecule has 7 nitrogen and oxygen atoms in total. The topological polar surface area (TPSA) is 93.6 Å². The number of hydrogen-bond acceptors (Lipinski definition) is 5. The Morgan fingerprint density at radius 1 is 1.62 bits per heavy atom. The fourth-order valence-electron chi connectivity index (χ4n) is 1.29. The van der Waals surface area contributed by atoms with Gasteiger partial charge in [-0.1, -0.05) is 0 Å². The summed E-state index contributed by atoms with van der Waals surface area (Å²) in [4.78, 5) is 23.8. The molecule has 1 aliphatic rings. The van der Waals surface area contributed by atoms with Crippen LogP contribution in [0, 0.1) is 5.82 Å². The van der Waals surface area contributed by atoms with Crippen LogP contribution in [0.15, 0.2) is 15.8 Å². The molecular weight excluding hydrogens is 223 g/mol. The summed E-state index contributed by atoms with van der Waals surface area (Å²) in [5.41, 5.74) is -1.94. The van der Waals surface area contributed by atoms with Gasteiger partial charge in [0.25, 0.3) is 5.56 Å². The molecule has 0 amide bonds. The van der Waals surface area contributed by atoms with Crippen LogP contribution in [0.3, 0.4) is 0 Å². The molecule has 1 aromatic heterocycles. The maximum absolute atomic E-state index is 12.9. The second-order valence-electron chi connectivity index (χ2n) is 3.22. The van der Waals surface area contributed by atoms with Gasteiger partial charge in [0.05, 0.1) is 19.4 Å². The first-order chi connectivity index (χ1) is 7.61. The largest absolute Gasteiger partial charge is 0.394 e. The number of H-pyrrole nitrogens is 1. The van der Waals surface area contributed by atoms with Crippen LogP contribution in [-0.2, 0) is 9.47 Å². The molecule has 16 heavy (non-hydrogen) atoms. The highest BCUT2D eigenvalue weighted by molar-refractivity contribution is 4.87. The van der Waals surface area contributed by atoms with Gasteiger partial charge < -0.3 is 14.6 Å². The molecule has 0 bridgehead atoms. The van der Waals surface area contributed by atoms with Crippen LogP contribution in [-0.4, -0.2) is 34.0 Å².